The van der Waals surface area contributed by atoms with Gasteiger partial charge in [0.15, 0.2) is 0 Å². The number of nitrogens with zero attached hydrogens (tertiary/aromatic N) is 2. The van der Waals surface area contributed by atoms with Crippen molar-refractivity contribution in [2.24, 2.45) is 0 Å². The molecule has 0 amide bonds. The summed E-state index contributed by atoms with van der Waals surface area (Å²) in [5, 5.41) is 10.5. The van der Waals surface area contributed by atoms with E-state index in [4.69, 9.17) is 0 Å². The van der Waals surface area contributed by atoms with Gasteiger partial charge in [-0.25, -0.2) is 0 Å². The average molecular weight is 779 g/mol. The van der Waals surface area contributed by atoms with Crippen LogP contribution in [0.15, 0.2) is 164 Å². The summed E-state index contributed by atoms with van der Waals surface area (Å²) in [6, 6.07) is 57.4. The average Bonchev–Trinajstić information content (AvgIpc) is 3.64. The fourth-order valence-electron chi connectivity index (χ4n) is 9.05. The molecule has 0 atom stereocenters. The van der Waals surface area contributed by atoms with Crippen LogP contribution in [0.2, 0.25) is 0 Å². The molecule has 0 bridgehead atoms. The van der Waals surface area contributed by atoms with E-state index in [1.54, 1.807) is 0 Å². The van der Waals surface area contributed by atoms with Crippen LogP contribution in [-0.4, -0.2) is 9.55 Å². The number of fused-ring (bicyclic) bond motifs is 7. The second-order valence-electron chi connectivity index (χ2n) is 14.6. The molecule has 2 aromatic heterocycles. The van der Waals surface area contributed by atoms with Gasteiger partial charge in [-0.2, -0.15) is 0 Å². The van der Waals surface area contributed by atoms with Crippen LogP contribution in [0.4, 0.5) is 0 Å². The van der Waals surface area contributed by atoms with Crippen LogP contribution in [0.25, 0.3) is 70.9 Å². The van der Waals surface area contributed by atoms with Crippen molar-refractivity contribution < 1.29 is 0 Å². The predicted molar refractivity (Wildman–Crippen MR) is 228 cm³/mol. The number of rotatable bonds is 5. The second kappa shape index (κ2) is 11.2. The molecule has 0 spiro atoms. The summed E-state index contributed by atoms with van der Waals surface area (Å²) < 4.78 is 6.56. The third kappa shape index (κ3) is 4.26. The number of pyridine rings is 1. The Hall–Kier alpha value is -5.52. The van der Waals surface area contributed by atoms with Crippen molar-refractivity contribution in [1.82, 2.24) is 9.55 Å². The third-order valence-electron chi connectivity index (χ3n) is 11.5. The Morgan fingerprint density at radius 1 is 0.558 bits per heavy atom. The Balaban J connectivity index is 1.18. The van der Waals surface area contributed by atoms with Gasteiger partial charge in [-0.15, -0.1) is 0 Å². The minimum atomic E-state index is -2.03. The summed E-state index contributed by atoms with van der Waals surface area (Å²) in [6.45, 7) is 4.80. The molecular weight excluding hydrogens is 743 g/mol. The molecule has 52 heavy (non-hydrogen) atoms. The van der Waals surface area contributed by atoms with E-state index in [0.29, 0.717) is 0 Å². The van der Waals surface area contributed by atoms with Crippen LogP contribution in [0.3, 0.4) is 0 Å². The van der Waals surface area contributed by atoms with E-state index >= 15 is 0 Å². The Labute approximate surface area is 310 Å². The topological polar surface area (TPSA) is 17.8 Å². The number of hydrogen-bond acceptors (Lipinski definition) is 1. The van der Waals surface area contributed by atoms with Gasteiger partial charge in [0.05, 0.1) is 0 Å². The van der Waals surface area contributed by atoms with Gasteiger partial charge in [0, 0.05) is 0 Å². The summed E-state index contributed by atoms with van der Waals surface area (Å²) in [4.78, 5) is 4.63. The number of para-hydroxylation sites is 1. The number of benzene rings is 8. The molecule has 10 aromatic rings. The van der Waals surface area contributed by atoms with Gasteiger partial charge in [0.1, 0.15) is 0 Å². The first-order valence-corrected chi connectivity index (χ1v) is 21.7. The zero-order valence-corrected chi connectivity index (χ0v) is 31.2. The van der Waals surface area contributed by atoms with Crippen molar-refractivity contribution in [3.8, 4) is 16.8 Å². The van der Waals surface area contributed by atoms with Crippen molar-refractivity contribution in [3.05, 3.63) is 188 Å². The van der Waals surface area contributed by atoms with Gasteiger partial charge >= 0.3 is 312 Å². The minimum absolute atomic E-state index is 0.0294. The molecule has 0 saturated carbocycles. The van der Waals surface area contributed by atoms with Gasteiger partial charge in [0.2, 0.25) is 0 Å². The van der Waals surface area contributed by atoms with E-state index in [1.807, 2.05) is 6.20 Å². The fourth-order valence-corrected chi connectivity index (χ4v) is 15.0. The zero-order valence-electron chi connectivity index (χ0n) is 29.1. The first kappa shape index (κ1) is 30.1. The molecule has 0 aliphatic heterocycles. The van der Waals surface area contributed by atoms with Crippen LogP contribution < -0.4 is 0 Å². The zero-order chi connectivity index (χ0) is 34.6. The van der Waals surface area contributed by atoms with Crippen molar-refractivity contribution in [3.63, 3.8) is 0 Å². The molecule has 1 aliphatic rings. The van der Waals surface area contributed by atoms with E-state index in [1.165, 1.54) is 94.8 Å². The molecule has 0 unspecified atom stereocenters. The molecule has 0 radical (unpaired) electrons. The molecule has 3 heteroatoms. The van der Waals surface area contributed by atoms with Gasteiger partial charge in [0.25, 0.3) is 0 Å². The third-order valence-corrected chi connectivity index (χ3v) is 17.6. The van der Waals surface area contributed by atoms with Crippen LogP contribution >= 0.6 is 19.8 Å². The van der Waals surface area contributed by atoms with Crippen molar-refractivity contribution in [1.29, 1.82) is 0 Å². The summed E-state index contributed by atoms with van der Waals surface area (Å²) >= 11 is -2.03. The van der Waals surface area contributed by atoms with Gasteiger partial charge in [-0.05, 0) is 0 Å². The molecule has 0 N–H and O–H groups in total. The first-order chi connectivity index (χ1) is 25.6. The normalized spacial score (nSPS) is 13.8. The maximum absolute atomic E-state index is 4.63. The molecule has 2 heterocycles. The Bertz CT molecular complexity index is 3010. The number of halogens is 1. The Kier molecular flexibility index (Phi) is 6.51. The van der Waals surface area contributed by atoms with E-state index in [2.05, 4.69) is 181 Å². The van der Waals surface area contributed by atoms with E-state index in [9.17, 15) is 0 Å². The van der Waals surface area contributed by atoms with Gasteiger partial charge in [-0.1, -0.05) is 0 Å². The molecular formula is C49H35IN2. The number of hydrogen-bond donors (Lipinski definition) is 0. The fraction of sp³-hybridized carbons (Fsp3) is 0.0816. The number of aromatic nitrogens is 2. The number of alkyl halides is 1. The van der Waals surface area contributed by atoms with Crippen LogP contribution in [0, 0.1) is 7.14 Å². The van der Waals surface area contributed by atoms with Crippen LogP contribution in [-0.2, 0) is 9.84 Å². The first-order valence-electron chi connectivity index (χ1n) is 18.0. The van der Waals surface area contributed by atoms with Crippen molar-refractivity contribution >= 4 is 73.9 Å². The van der Waals surface area contributed by atoms with Crippen molar-refractivity contribution in [2.45, 2.75) is 23.7 Å². The predicted octanol–water partition coefficient (Wildman–Crippen LogP) is 13.1. The molecule has 1 aliphatic carbocycles. The van der Waals surface area contributed by atoms with Crippen molar-refractivity contribution in [2.75, 3.05) is 0 Å². The van der Waals surface area contributed by atoms with Crippen LogP contribution in [0.5, 0.6) is 0 Å². The molecule has 0 fully saturated rings. The summed E-state index contributed by atoms with van der Waals surface area (Å²) in [6.07, 6.45) is 3.97. The monoisotopic (exact) mass is 778 g/mol. The molecule has 2 nitrogen and oxygen atoms in total. The van der Waals surface area contributed by atoms with Crippen LogP contribution in [0.1, 0.15) is 30.5 Å². The molecule has 8 aromatic carbocycles. The van der Waals surface area contributed by atoms with E-state index in [-0.39, 0.29) is 5.41 Å². The standard InChI is InChI=1S/C49H35IN2/c1-49(2)41-16-10-9-15-36(41)37-23-20-34(28-42(37)49)50(29-31-11-5-3-6-12-31)43-24-19-32-17-22-39-47-33(18-21-38(43)46(32)47)27-45-48(39)40-30-51-26-25-44(40)52(45)35-13-7-4-8-14-35/h3-28,30H,29H2,1-2H3. The van der Waals surface area contributed by atoms with Gasteiger partial charge in [-0.3, -0.25) is 0 Å². The summed E-state index contributed by atoms with van der Waals surface area (Å²) in [5.74, 6) is 0. The summed E-state index contributed by atoms with van der Waals surface area (Å²) in [5.41, 5.74) is 10.6. The molecule has 11 rings (SSSR count). The molecule has 0 saturated heterocycles. The second-order valence-corrected chi connectivity index (χ2v) is 19.9. The van der Waals surface area contributed by atoms with E-state index < -0.39 is 19.8 Å². The van der Waals surface area contributed by atoms with Gasteiger partial charge < -0.3 is 0 Å². The SMILES string of the molecule is CC1(C)c2ccccc2-c2ccc(I(Cc3ccccc3)c3ccc4ccc5c6c(ccc3c46)cc3c5c4cnccc4n3-c3ccccc3)cc21. The summed E-state index contributed by atoms with van der Waals surface area (Å²) in [7, 11) is 0. The quantitative estimate of drug-likeness (QED) is 0.0967. The Morgan fingerprint density at radius 2 is 1.27 bits per heavy atom. The molecule has 248 valence electrons. The Morgan fingerprint density at radius 3 is 2.13 bits per heavy atom. The maximum atomic E-state index is 4.63. The van der Waals surface area contributed by atoms with E-state index in [0.717, 1.165) is 4.43 Å².